The van der Waals surface area contributed by atoms with Crippen molar-refractivity contribution >= 4 is 16.0 Å². The molecule has 0 aromatic carbocycles. The first-order valence-corrected chi connectivity index (χ1v) is 11.8. The van der Waals surface area contributed by atoms with Crippen LogP contribution in [-0.2, 0) is 10.0 Å². The third-order valence-electron chi connectivity index (χ3n) is 5.42. The lowest BCUT2D eigenvalue weighted by molar-refractivity contribution is 0.115. The Morgan fingerprint density at radius 1 is 1.12 bits per heavy atom. The number of sulfonamides is 1. The van der Waals surface area contributed by atoms with Crippen LogP contribution >= 0.6 is 0 Å². The van der Waals surface area contributed by atoms with Gasteiger partial charge in [-0.3, -0.25) is 4.99 Å². The molecule has 0 radical (unpaired) electrons. The summed E-state index contributed by atoms with van der Waals surface area (Å²) in [6.07, 6.45) is 12.8. The van der Waals surface area contributed by atoms with E-state index in [9.17, 15) is 8.42 Å². The maximum absolute atomic E-state index is 11.1. The Kier molecular flexibility index (Phi) is 8.00. The van der Waals surface area contributed by atoms with Crippen LogP contribution in [0, 0.1) is 5.41 Å². The van der Waals surface area contributed by atoms with Gasteiger partial charge in [-0.15, -0.1) is 0 Å². The topological polar surface area (TPSA) is 73.8 Å². The maximum Gasteiger partial charge on any atom is 0.208 e. The van der Waals surface area contributed by atoms with E-state index in [2.05, 4.69) is 21.9 Å². The summed E-state index contributed by atoms with van der Waals surface area (Å²) in [4.78, 5) is 7.20. The second-order valence-corrected chi connectivity index (χ2v) is 9.53. The zero-order chi connectivity index (χ0) is 18.2. The van der Waals surface area contributed by atoms with Gasteiger partial charge in [0.2, 0.25) is 10.0 Å². The van der Waals surface area contributed by atoms with Gasteiger partial charge in [0.05, 0.1) is 6.26 Å². The number of guanidine groups is 1. The normalized spacial score (nSPS) is 22.0. The number of aliphatic imine (C=N–C) groups is 1. The minimum absolute atomic E-state index is 0.450. The molecule has 2 rings (SSSR count). The van der Waals surface area contributed by atoms with Crippen molar-refractivity contribution in [3.8, 4) is 0 Å². The highest BCUT2D eigenvalue weighted by Crippen LogP contribution is 2.42. The van der Waals surface area contributed by atoms with Gasteiger partial charge >= 0.3 is 0 Å². The van der Waals surface area contributed by atoms with Crippen molar-refractivity contribution in [3.63, 3.8) is 0 Å². The second kappa shape index (κ2) is 9.76. The fourth-order valence-corrected chi connectivity index (χ4v) is 4.74. The Balaban J connectivity index is 1.92. The standard InChI is InChI=1S/C18H36N4O2S/c1-3-19-17(20-13-9-14-21-25(2,23)24)22-15-8-12-18(16-22)10-6-4-5-7-11-18/h21H,3-16H2,1-2H3,(H,19,20). The minimum Gasteiger partial charge on any atom is -0.357 e. The van der Waals surface area contributed by atoms with Crippen LogP contribution in [0.2, 0.25) is 0 Å². The predicted molar refractivity (Wildman–Crippen MR) is 104 cm³/mol. The molecular weight excluding hydrogens is 336 g/mol. The lowest BCUT2D eigenvalue weighted by Crippen LogP contribution is -2.50. The van der Waals surface area contributed by atoms with Gasteiger partial charge in [-0.1, -0.05) is 25.7 Å². The molecule has 2 fully saturated rings. The summed E-state index contributed by atoms with van der Waals surface area (Å²) >= 11 is 0. The Hall–Kier alpha value is -0.820. The zero-order valence-corrected chi connectivity index (χ0v) is 16.8. The third-order valence-corrected chi connectivity index (χ3v) is 6.15. The number of rotatable bonds is 6. The zero-order valence-electron chi connectivity index (χ0n) is 16.0. The molecule has 2 N–H and O–H groups in total. The molecule has 0 unspecified atom stereocenters. The lowest BCUT2D eigenvalue weighted by Gasteiger charge is -2.44. The average Bonchev–Trinajstić information content (AvgIpc) is 2.78. The van der Waals surface area contributed by atoms with Gasteiger partial charge in [-0.05, 0) is 44.4 Å². The van der Waals surface area contributed by atoms with Crippen LogP contribution in [0.15, 0.2) is 4.99 Å². The summed E-state index contributed by atoms with van der Waals surface area (Å²) < 4.78 is 24.8. The fraction of sp³-hybridized carbons (Fsp3) is 0.944. The molecule has 0 aromatic heterocycles. The summed E-state index contributed by atoms with van der Waals surface area (Å²) in [7, 11) is -3.10. The molecular formula is C18H36N4O2S. The van der Waals surface area contributed by atoms with Crippen LogP contribution in [0.4, 0.5) is 0 Å². The van der Waals surface area contributed by atoms with E-state index in [0.29, 0.717) is 18.5 Å². The van der Waals surface area contributed by atoms with Gasteiger partial charge in [-0.25, -0.2) is 13.1 Å². The van der Waals surface area contributed by atoms with E-state index < -0.39 is 10.0 Å². The van der Waals surface area contributed by atoms with Gasteiger partial charge in [0.15, 0.2) is 5.96 Å². The van der Waals surface area contributed by atoms with E-state index in [-0.39, 0.29) is 0 Å². The summed E-state index contributed by atoms with van der Waals surface area (Å²) in [6.45, 7) is 6.27. The molecule has 0 amide bonds. The van der Waals surface area contributed by atoms with Gasteiger partial charge < -0.3 is 10.2 Å². The van der Waals surface area contributed by atoms with Crippen molar-refractivity contribution in [1.82, 2.24) is 14.9 Å². The Morgan fingerprint density at radius 2 is 1.80 bits per heavy atom. The number of hydrogen-bond acceptors (Lipinski definition) is 3. The Bertz CT molecular complexity index is 525. The summed E-state index contributed by atoms with van der Waals surface area (Å²) in [6, 6.07) is 0. The number of hydrogen-bond donors (Lipinski definition) is 2. The molecule has 1 heterocycles. The van der Waals surface area contributed by atoms with Crippen LogP contribution in [0.25, 0.3) is 0 Å². The molecule has 25 heavy (non-hydrogen) atoms. The van der Waals surface area contributed by atoms with Gasteiger partial charge in [0.25, 0.3) is 0 Å². The molecule has 146 valence electrons. The first-order valence-electron chi connectivity index (χ1n) is 9.92. The highest BCUT2D eigenvalue weighted by atomic mass is 32.2. The number of likely N-dealkylation sites (tertiary alicyclic amines) is 1. The van der Waals surface area contributed by atoms with Gasteiger partial charge in [0, 0.05) is 32.7 Å². The number of nitrogens with zero attached hydrogens (tertiary/aromatic N) is 2. The van der Waals surface area contributed by atoms with Crippen molar-refractivity contribution < 1.29 is 8.42 Å². The largest absolute Gasteiger partial charge is 0.357 e. The van der Waals surface area contributed by atoms with E-state index in [1.807, 2.05) is 0 Å². The molecule has 1 aliphatic heterocycles. The molecule has 6 nitrogen and oxygen atoms in total. The van der Waals surface area contributed by atoms with Crippen molar-refractivity contribution in [2.75, 3.05) is 39.0 Å². The molecule has 0 aromatic rings. The predicted octanol–water partition coefficient (Wildman–Crippen LogP) is 2.33. The minimum atomic E-state index is -3.10. The fourth-order valence-electron chi connectivity index (χ4n) is 4.22. The lowest BCUT2D eigenvalue weighted by atomic mass is 9.74. The molecule has 1 spiro atoms. The van der Waals surface area contributed by atoms with Gasteiger partial charge in [-0.2, -0.15) is 0 Å². The van der Waals surface area contributed by atoms with Crippen LogP contribution in [0.3, 0.4) is 0 Å². The molecule has 1 saturated carbocycles. The highest BCUT2D eigenvalue weighted by Gasteiger charge is 2.36. The van der Waals surface area contributed by atoms with E-state index in [0.717, 1.165) is 32.0 Å². The average molecular weight is 373 g/mol. The SMILES string of the molecule is CCNC(=NCCCNS(C)(=O)=O)N1CCCC2(CCCCCC2)C1. The van der Waals surface area contributed by atoms with Crippen LogP contribution in [0.5, 0.6) is 0 Å². The Labute approximate surface area is 153 Å². The molecule has 0 atom stereocenters. The first kappa shape index (κ1) is 20.5. The van der Waals surface area contributed by atoms with Crippen molar-refractivity contribution in [3.05, 3.63) is 0 Å². The second-order valence-electron chi connectivity index (χ2n) is 7.70. The van der Waals surface area contributed by atoms with Crippen LogP contribution in [0.1, 0.15) is 64.7 Å². The van der Waals surface area contributed by atoms with Crippen molar-refractivity contribution in [2.45, 2.75) is 64.7 Å². The smallest absolute Gasteiger partial charge is 0.208 e. The maximum atomic E-state index is 11.1. The van der Waals surface area contributed by atoms with Crippen LogP contribution in [-0.4, -0.2) is 58.3 Å². The quantitative estimate of drug-likeness (QED) is 0.426. The van der Waals surface area contributed by atoms with Crippen molar-refractivity contribution in [1.29, 1.82) is 0 Å². The van der Waals surface area contributed by atoms with E-state index in [1.165, 1.54) is 57.6 Å². The molecule has 7 heteroatoms. The van der Waals surface area contributed by atoms with E-state index >= 15 is 0 Å². The third kappa shape index (κ3) is 7.13. The number of piperidine rings is 1. The molecule has 1 saturated heterocycles. The van der Waals surface area contributed by atoms with E-state index in [1.54, 1.807) is 0 Å². The monoisotopic (exact) mass is 372 g/mol. The molecule has 1 aliphatic carbocycles. The molecule has 2 aliphatic rings. The number of nitrogens with one attached hydrogen (secondary N) is 2. The summed E-state index contributed by atoms with van der Waals surface area (Å²) in [5.74, 6) is 1.00. The van der Waals surface area contributed by atoms with E-state index in [4.69, 9.17) is 4.99 Å². The first-order chi connectivity index (χ1) is 11.9. The molecule has 0 bridgehead atoms. The Morgan fingerprint density at radius 3 is 2.44 bits per heavy atom. The van der Waals surface area contributed by atoms with Crippen LogP contribution < -0.4 is 10.0 Å². The van der Waals surface area contributed by atoms with Crippen molar-refractivity contribution in [2.24, 2.45) is 10.4 Å². The summed E-state index contributed by atoms with van der Waals surface area (Å²) in [5.41, 5.74) is 0.489. The van der Waals surface area contributed by atoms with Gasteiger partial charge in [0.1, 0.15) is 0 Å². The summed E-state index contributed by atoms with van der Waals surface area (Å²) in [5, 5.41) is 3.43. The highest BCUT2D eigenvalue weighted by molar-refractivity contribution is 7.88.